The molecule has 1 N–H and O–H groups in total. The van der Waals surface area contributed by atoms with Gasteiger partial charge in [-0.3, -0.25) is 18.6 Å². The van der Waals surface area contributed by atoms with Crippen molar-refractivity contribution in [3.8, 4) is 0 Å². The number of hydrogen-bond acceptors (Lipinski definition) is 7. The van der Waals surface area contributed by atoms with Gasteiger partial charge in [-0.15, -0.1) is 0 Å². The number of hydrogen-bond donors (Lipinski definition) is 1. The zero-order valence-electron chi connectivity index (χ0n) is 56.0. The van der Waals surface area contributed by atoms with E-state index in [0.717, 1.165) is 116 Å². The fraction of sp³-hybridized carbons (Fsp3) is 0.684. The molecule has 0 aromatic carbocycles. The Morgan fingerprint density at radius 2 is 0.628 bits per heavy atom. The van der Waals surface area contributed by atoms with Gasteiger partial charge < -0.3 is 18.9 Å². The van der Waals surface area contributed by atoms with Crippen LogP contribution in [0.15, 0.2) is 134 Å². The summed E-state index contributed by atoms with van der Waals surface area (Å²) in [5.41, 5.74) is 0. The first kappa shape index (κ1) is 82.1. The summed E-state index contributed by atoms with van der Waals surface area (Å²) in [7, 11) is 1.46. The highest BCUT2D eigenvalue weighted by Crippen LogP contribution is 2.43. The maximum atomic E-state index is 12.9. The minimum Gasteiger partial charge on any atom is -0.462 e. The van der Waals surface area contributed by atoms with Gasteiger partial charge in [-0.05, 0) is 109 Å². The first-order chi connectivity index (χ1) is 42.0. The number of unbranched alkanes of at least 4 members (excludes halogenated alkanes) is 27. The molecule has 0 aliphatic heterocycles. The molecule has 0 spiro atoms. The van der Waals surface area contributed by atoms with Gasteiger partial charge in [-0.1, -0.05) is 295 Å². The molecule has 0 fully saturated rings. The molecule has 0 aliphatic rings. The highest BCUT2D eigenvalue weighted by Gasteiger charge is 2.27. The van der Waals surface area contributed by atoms with Crippen molar-refractivity contribution < 1.29 is 42.1 Å². The monoisotopic (exact) mass is 1220 g/mol. The molecule has 0 amide bonds. The highest BCUT2D eigenvalue weighted by molar-refractivity contribution is 7.47. The van der Waals surface area contributed by atoms with E-state index >= 15 is 0 Å². The molecule has 2 atom stereocenters. The van der Waals surface area contributed by atoms with E-state index in [0.29, 0.717) is 17.4 Å². The van der Waals surface area contributed by atoms with Gasteiger partial charge in [0.25, 0.3) is 0 Å². The average Bonchev–Trinajstić information content (AvgIpc) is 3.67. The van der Waals surface area contributed by atoms with E-state index in [-0.39, 0.29) is 32.0 Å². The molecule has 0 heterocycles. The predicted octanol–water partition coefficient (Wildman–Crippen LogP) is 22.8. The molecule has 0 aromatic rings. The summed E-state index contributed by atoms with van der Waals surface area (Å²) in [6.45, 7) is 4.21. The van der Waals surface area contributed by atoms with Crippen LogP contribution in [0.5, 0.6) is 0 Å². The fourth-order valence-corrected chi connectivity index (χ4v) is 10.1. The van der Waals surface area contributed by atoms with E-state index in [4.69, 9.17) is 18.5 Å². The number of nitrogens with zero attached hydrogens (tertiary/aromatic N) is 1. The van der Waals surface area contributed by atoms with Gasteiger partial charge in [-0.25, -0.2) is 4.57 Å². The lowest BCUT2D eigenvalue weighted by atomic mass is 10.0. The minimum absolute atomic E-state index is 0.0240. The molecule has 86 heavy (non-hydrogen) atoms. The second-order valence-corrected chi connectivity index (χ2v) is 25.6. The van der Waals surface area contributed by atoms with Crippen LogP contribution in [0, 0.1) is 0 Å². The van der Waals surface area contributed by atoms with Gasteiger partial charge in [0.15, 0.2) is 6.10 Å². The molecule has 0 rings (SSSR count). The van der Waals surface area contributed by atoms with E-state index in [1.54, 1.807) is 0 Å². The minimum atomic E-state index is -4.40. The predicted molar refractivity (Wildman–Crippen MR) is 371 cm³/mol. The Balaban J connectivity index is 4.08. The number of carbonyl (C=O) groups is 2. The van der Waals surface area contributed by atoms with Crippen LogP contribution in [0.4, 0.5) is 0 Å². The Hall–Kier alpha value is -3.85. The molecule has 0 bridgehead atoms. The van der Waals surface area contributed by atoms with Gasteiger partial charge in [-0.2, -0.15) is 0 Å². The summed E-state index contributed by atoms with van der Waals surface area (Å²) < 4.78 is 34.7. The number of rotatable bonds is 63. The fourth-order valence-electron chi connectivity index (χ4n) is 9.40. The third kappa shape index (κ3) is 69.3. The lowest BCUT2D eigenvalue weighted by molar-refractivity contribution is -0.870. The standard InChI is InChI=1S/C76H130NO8P/c1-6-8-10-12-14-16-18-20-22-24-26-28-30-32-34-36-37-38-39-41-42-44-46-48-50-52-54-56-58-60-62-64-66-68-75(78)82-72-74(73-84-86(80,81)83-71-70-77(3,4)5)85-76(79)69-67-65-63-61-59-57-55-53-51-49-47-45-43-40-35-33-31-29-27-25-23-21-19-17-15-13-11-9-7-2/h8-11,14-17,20-23,26-29,33,35,43,45,49,51,74H,6-7,12-13,18-19,24-25,30-32,34,36-42,44,46-48,50,52-73H2,1-5H3/p+1/b10-8-,11-9-,16-14-,17-15-,22-20-,23-21-,28-26-,29-27-,35-33-,45-43-,51-49-. The molecular weight excluding hydrogens is 1090 g/mol. The van der Waals surface area contributed by atoms with Crippen molar-refractivity contribution >= 4 is 19.8 Å². The second kappa shape index (κ2) is 65.6. The molecule has 492 valence electrons. The van der Waals surface area contributed by atoms with E-state index in [1.807, 2.05) is 21.1 Å². The van der Waals surface area contributed by atoms with E-state index in [2.05, 4.69) is 148 Å². The van der Waals surface area contributed by atoms with Crippen molar-refractivity contribution in [3.05, 3.63) is 134 Å². The van der Waals surface area contributed by atoms with Crippen LogP contribution < -0.4 is 0 Å². The number of likely N-dealkylation sites (N-methyl/N-ethyl adjacent to an activating group) is 1. The summed E-state index contributed by atoms with van der Waals surface area (Å²) in [5, 5.41) is 0. The zero-order valence-corrected chi connectivity index (χ0v) is 56.9. The third-order valence-corrected chi connectivity index (χ3v) is 15.7. The van der Waals surface area contributed by atoms with Crippen molar-refractivity contribution in [2.45, 2.75) is 290 Å². The Bertz CT molecular complexity index is 1910. The van der Waals surface area contributed by atoms with Crippen LogP contribution in [0.25, 0.3) is 0 Å². The molecule has 0 radical (unpaired) electrons. The van der Waals surface area contributed by atoms with Crippen molar-refractivity contribution in [3.63, 3.8) is 0 Å². The second-order valence-electron chi connectivity index (χ2n) is 24.2. The summed E-state index contributed by atoms with van der Waals surface area (Å²) in [4.78, 5) is 35.9. The van der Waals surface area contributed by atoms with Crippen molar-refractivity contribution in [2.75, 3.05) is 47.5 Å². The smallest absolute Gasteiger partial charge is 0.462 e. The first-order valence-electron chi connectivity index (χ1n) is 34.9. The Morgan fingerprint density at radius 3 is 0.930 bits per heavy atom. The normalized spacial score (nSPS) is 14.0. The summed E-state index contributed by atoms with van der Waals surface area (Å²) in [5.74, 6) is -0.809. The number of ether oxygens (including phenoxy) is 2. The molecule has 0 aliphatic carbocycles. The van der Waals surface area contributed by atoms with Crippen molar-refractivity contribution in [2.24, 2.45) is 0 Å². The van der Waals surface area contributed by atoms with Gasteiger partial charge in [0, 0.05) is 12.8 Å². The van der Waals surface area contributed by atoms with Gasteiger partial charge in [0.2, 0.25) is 0 Å². The lowest BCUT2D eigenvalue weighted by Gasteiger charge is -2.24. The molecule has 0 saturated heterocycles. The molecule has 2 unspecified atom stereocenters. The zero-order chi connectivity index (χ0) is 62.6. The van der Waals surface area contributed by atoms with Crippen LogP contribution in [-0.4, -0.2) is 74.9 Å². The van der Waals surface area contributed by atoms with Crippen LogP contribution >= 0.6 is 7.82 Å². The number of quaternary nitrogens is 1. The third-order valence-electron chi connectivity index (χ3n) is 14.7. The lowest BCUT2D eigenvalue weighted by Crippen LogP contribution is -2.37. The maximum Gasteiger partial charge on any atom is 0.472 e. The summed E-state index contributed by atoms with van der Waals surface area (Å²) in [6, 6.07) is 0. The maximum absolute atomic E-state index is 12.9. The molecule has 0 aromatic heterocycles. The van der Waals surface area contributed by atoms with Crippen LogP contribution in [-0.2, 0) is 32.7 Å². The highest BCUT2D eigenvalue weighted by atomic mass is 31.2. The van der Waals surface area contributed by atoms with Crippen molar-refractivity contribution in [1.29, 1.82) is 0 Å². The number of carbonyl (C=O) groups excluding carboxylic acids is 2. The molecule has 10 heteroatoms. The molecule has 9 nitrogen and oxygen atoms in total. The number of allylic oxidation sites excluding steroid dienone is 22. The molecular formula is C76H131NO8P+. The Kier molecular flexibility index (Phi) is 62.7. The number of esters is 2. The topological polar surface area (TPSA) is 108 Å². The van der Waals surface area contributed by atoms with Gasteiger partial charge in [0.05, 0.1) is 27.7 Å². The van der Waals surface area contributed by atoms with Gasteiger partial charge >= 0.3 is 19.8 Å². The number of phosphoric ester groups is 1. The SMILES string of the molecule is CC/C=C\C/C=C\C/C=C\C/C=C\C/C=C\C/C=C\C/C=C\CCCCCCCCCC(=O)OC(COC(=O)CCCCCCCCCCCCCCCCCCCCCC/C=C\C/C=C\C/C=C\C/C=C\CC)COP(=O)(O)OCC[N+](C)(C)C. The van der Waals surface area contributed by atoms with E-state index in [9.17, 15) is 19.0 Å². The first-order valence-corrected chi connectivity index (χ1v) is 36.4. The summed E-state index contributed by atoms with van der Waals surface area (Å²) >= 11 is 0. The van der Waals surface area contributed by atoms with E-state index < -0.39 is 26.5 Å². The molecule has 0 saturated carbocycles. The Morgan fingerprint density at radius 1 is 0.360 bits per heavy atom. The number of phosphoric acid groups is 1. The van der Waals surface area contributed by atoms with Gasteiger partial charge in [0.1, 0.15) is 19.8 Å². The quantitative estimate of drug-likeness (QED) is 0.0211. The van der Waals surface area contributed by atoms with Crippen molar-refractivity contribution in [1.82, 2.24) is 0 Å². The average molecular weight is 1220 g/mol. The summed E-state index contributed by atoms with van der Waals surface area (Å²) in [6.07, 6.45) is 95.5. The largest absolute Gasteiger partial charge is 0.472 e. The van der Waals surface area contributed by atoms with Crippen LogP contribution in [0.2, 0.25) is 0 Å². The Labute approximate surface area is 530 Å². The van der Waals surface area contributed by atoms with Crippen LogP contribution in [0.1, 0.15) is 284 Å². The van der Waals surface area contributed by atoms with E-state index in [1.165, 1.54) is 135 Å². The van der Waals surface area contributed by atoms with Crippen LogP contribution in [0.3, 0.4) is 0 Å².